The van der Waals surface area contributed by atoms with E-state index in [1.54, 1.807) is 6.08 Å². The number of aliphatic hydroxyl groups excluding tert-OH is 5. The summed E-state index contributed by atoms with van der Waals surface area (Å²) in [4.78, 5) is 13.1. The average molecular weight is 1150 g/mol. The maximum Gasteiger partial charge on any atom is 0.220 e. The molecule has 7 unspecified atom stereocenters. The molecule has 0 saturated carbocycles. The van der Waals surface area contributed by atoms with Crippen molar-refractivity contribution in [3.8, 4) is 0 Å². The Kier molecular flexibility index (Phi) is 59.7. The van der Waals surface area contributed by atoms with Crippen molar-refractivity contribution in [1.29, 1.82) is 0 Å². The monoisotopic (exact) mass is 1150 g/mol. The number of rotatable bonds is 65. The van der Waals surface area contributed by atoms with E-state index < -0.39 is 49.5 Å². The molecule has 1 saturated heterocycles. The molecule has 0 aliphatic carbocycles. The molecule has 1 amide bonds. The van der Waals surface area contributed by atoms with Crippen LogP contribution in [0.5, 0.6) is 0 Å². The molecule has 0 aromatic carbocycles. The van der Waals surface area contributed by atoms with E-state index in [1.165, 1.54) is 327 Å². The Bertz CT molecular complexity index is 1280. The molecule has 0 aromatic rings. The van der Waals surface area contributed by atoms with Crippen LogP contribution in [0.2, 0.25) is 0 Å². The summed E-state index contributed by atoms with van der Waals surface area (Å²) in [5.41, 5.74) is 0. The summed E-state index contributed by atoms with van der Waals surface area (Å²) in [6.07, 6.45) is 73.3. The minimum atomic E-state index is -1.56. The number of allylic oxidation sites excluding steroid dienone is 1. The Morgan fingerprint density at radius 3 is 0.963 bits per heavy atom. The van der Waals surface area contributed by atoms with Crippen LogP contribution in [0.25, 0.3) is 0 Å². The first-order chi connectivity index (χ1) is 39.8. The van der Waals surface area contributed by atoms with Crippen LogP contribution >= 0.6 is 0 Å². The number of amides is 1. The fourth-order valence-corrected chi connectivity index (χ4v) is 12.2. The van der Waals surface area contributed by atoms with Crippen LogP contribution in [-0.2, 0) is 14.3 Å². The maximum atomic E-state index is 13.1. The summed E-state index contributed by atoms with van der Waals surface area (Å²) in [6.45, 7) is 3.85. The quantitative estimate of drug-likeness (QED) is 0.0261. The molecule has 0 bridgehead atoms. The lowest BCUT2D eigenvalue weighted by molar-refractivity contribution is -0.302. The van der Waals surface area contributed by atoms with E-state index >= 15 is 0 Å². The third-order valence-corrected chi connectivity index (χ3v) is 17.9. The van der Waals surface area contributed by atoms with Crippen molar-refractivity contribution in [3.05, 3.63) is 12.2 Å². The number of carbonyl (C=O) groups excluding carboxylic acids is 1. The lowest BCUT2D eigenvalue weighted by Gasteiger charge is -2.40. The number of hydrogen-bond acceptors (Lipinski definition) is 8. The molecule has 1 heterocycles. The van der Waals surface area contributed by atoms with Gasteiger partial charge in [-0.1, -0.05) is 373 Å². The van der Waals surface area contributed by atoms with Crippen LogP contribution in [0.3, 0.4) is 0 Å². The molecular formula is C72H141NO8. The molecule has 6 N–H and O–H groups in total. The second-order valence-corrected chi connectivity index (χ2v) is 25.8. The topological polar surface area (TPSA) is 149 Å². The Hall–Kier alpha value is -1.07. The van der Waals surface area contributed by atoms with Gasteiger partial charge in [0.1, 0.15) is 24.4 Å². The van der Waals surface area contributed by atoms with Gasteiger partial charge in [-0.15, -0.1) is 0 Å². The third kappa shape index (κ3) is 50.8. The van der Waals surface area contributed by atoms with E-state index in [1.807, 2.05) is 6.08 Å². The van der Waals surface area contributed by atoms with E-state index in [0.29, 0.717) is 6.42 Å². The summed E-state index contributed by atoms with van der Waals surface area (Å²) in [5, 5.41) is 54.8. The first-order valence-electron chi connectivity index (χ1n) is 36.4. The molecule has 1 fully saturated rings. The molecule has 9 heteroatoms. The third-order valence-electron chi connectivity index (χ3n) is 17.9. The van der Waals surface area contributed by atoms with E-state index in [9.17, 15) is 30.3 Å². The van der Waals surface area contributed by atoms with Crippen molar-refractivity contribution in [2.75, 3.05) is 13.2 Å². The highest BCUT2D eigenvalue weighted by Gasteiger charge is 2.44. The molecule has 1 rings (SSSR count). The largest absolute Gasteiger partial charge is 0.394 e. The fraction of sp³-hybridized carbons (Fsp3) is 0.958. The zero-order chi connectivity index (χ0) is 58.6. The summed E-state index contributed by atoms with van der Waals surface area (Å²) >= 11 is 0. The molecule has 0 aromatic heterocycles. The zero-order valence-electron chi connectivity index (χ0n) is 54.1. The Labute approximate surface area is 503 Å². The Morgan fingerprint density at radius 2 is 0.679 bits per heavy atom. The number of nitrogens with one attached hydrogen (secondary N) is 1. The number of unbranched alkanes of at least 4 members (excludes halogenated alkanes) is 55. The minimum absolute atomic E-state index is 0.166. The molecular weight excluding hydrogens is 1010 g/mol. The van der Waals surface area contributed by atoms with Gasteiger partial charge in [0, 0.05) is 6.42 Å². The molecule has 9 nitrogen and oxygen atoms in total. The van der Waals surface area contributed by atoms with Crippen LogP contribution in [0.1, 0.15) is 386 Å². The van der Waals surface area contributed by atoms with Gasteiger partial charge in [-0.3, -0.25) is 4.79 Å². The van der Waals surface area contributed by atoms with Gasteiger partial charge in [0.25, 0.3) is 0 Å². The summed E-state index contributed by atoms with van der Waals surface area (Å²) in [6, 6.07) is -0.802. The van der Waals surface area contributed by atoms with Crippen LogP contribution in [0.15, 0.2) is 12.2 Å². The smallest absolute Gasteiger partial charge is 0.220 e. The molecule has 81 heavy (non-hydrogen) atoms. The van der Waals surface area contributed by atoms with E-state index in [-0.39, 0.29) is 12.5 Å². The highest BCUT2D eigenvalue weighted by atomic mass is 16.7. The van der Waals surface area contributed by atoms with Gasteiger partial charge in [0.2, 0.25) is 5.91 Å². The molecule has 1 aliphatic heterocycles. The molecule has 0 radical (unpaired) electrons. The number of ether oxygens (including phenoxy) is 2. The van der Waals surface area contributed by atoms with Gasteiger partial charge in [-0.2, -0.15) is 0 Å². The van der Waals surface area contributed by atoms with Crippen LogP contribution in [0, 0.1) is 0 Å². The predicted octanol–water partition coefficient (Wildman–Crippen LogP) is 19.9. The minimum Gasteiger partial charge on any atom is -0.394 e. The lowest BCUT2D eigenvalue weighted by Crippen LogP contribution is -2.60. The highest BCUT2D eigenvalue weighted by molar-refractivity contribution is 5.76. The summed E-state index contributed by atoms with van der Waals surface area (Å²) < 4.78 is 11.3. The highest BCUT2D eigenvalue weighted by Crippen LogP contribution is 2.24. The van der Waals surface area contributed by atoms with Gasteiger partial charge < -0.3 is 40.3 Å². The first-order valence-corrected chi connectivity index (χ1v) is 36.4. The van der Waals surface area contributed by atoms with Crippen LogP contribution < -0.4 is 5.32 Å². The average Bonchev–Trinajstić information content (AvgIpc) is 3.47. The second kappa shape index (κ2) is 62.0. The summed E-state index contributed by atoms with van der Waals surface area (Å²) in [7, 11) is 0. The molecule has 482 valence electrons. The van der Waals surface area contributed by atoms with Crippen LogP contribution in [0.4, 0.5) is 0 Å². The number of hydrogen-bond donors (Lipinski definition) is 6. The predicted molar refractivity (Wildman–Crippen MR) is 346 cm³/mol. The Balaban J connectivity index is 2.10. The van der Waals surface area contributed by atoms with E-state index in [4.69, 9.17) is 9.47 Å². The summed E-state index contributed by atoms with van der Waals surface area (Å²) in [5.74, 6) is -0.166. The standard InChI is InChI=1S/C72H141NO8/c1-3-5-7-9-11-13-15-17-19-21-23-25-27-29-31-33-34-36-38-40-42-44-46-48-50-52-54-56-58-60-62-68(76)73-65(64-80-72-71(79)70(78)69(77)67(63-74)81-72)66(75)61-59-57-55-53-51-49-47-45-43-41-39-37-35-32-30-28-26-24-22-20-18-16-14-12-10-8-6-4-2/h59,61,65-67,69-72,74-75,77-79H,3-58,60,62-64H2,1-2H3,(H,73,76)/b61-59+. The normalized spacial score (nSPS) is 18.3. The number of carbonyl (C=O) groups is 1. The van der Waals surface area contributed by atoms with Gasteiger partial charge in [0.15, 0.2) is 6.29 Å². The fourth-order valence-electron chi connectivity index (χ4n) is 12.2. The van der Waals surface area contributed by atoms with Crippen LogP contribution in [-0.4, -0.2) is 87.5 Å². The molecule has 1 aliphatic rings. The Morgan fingerprint density at radius 1 is 0.407 bits per heavy atom. The molecule has 7 atom stereocenters. The van der Waals surface area contributed by atoms with Crippen molar-refractivity contribution >= 4 is 5.91 Å². The number of aliphatic hydroxyl groups is 5. The zero-order valence-corrected chi connectivity index (χ0v) is 54.1. The van der Waals surface area contributed by atoms with Crippen molar-refractivity contribution < 1.29 is 39.8 Å². The van der Waals surface area contributed by atoms with Crippen molar-refractivity contribution in [3.63, 3.8) is 0 Å². The van der Waals surface area contributed by atoms with Gasteiger partial charge in [0.05, 0.1) is 25.4 Å². The van der Waals surface area contributed by atoms with E-state index in [2.05, 4.69) is 19.2 Å². The van der Waals surface area contributed by atoms with Gasteiger partial charge in [-0.05, 0) is 19.3 Å². The molecule has 0 spiro atoms. The maximum absolute atomic E-state index is 13.1. The SMILES string of the molecule is CCCCCCCCCCCCCCCCCCCCCCCCCCCC/C=C/C(O)C(COC1OC(CO)C(O)C(O)C1O)NC(=O)CCCCCCCCCCCCCCCCCCCCCCCCCCCCCCCC. The van der Waals surface area contributed by atoms with Gasteiger partial charge in [-0.25, -0.2) is 0 Å². The van der Waals surface area contributed by atoms with E-state index in [0.717, 1.165) is 38.5 Å². The lowest BCUT2D eigenvalue weighted by atomic mass is 9.99. The van der Waals surface area contributed by atoms with Gasteiger partial charge >= 0.3 is 0 Å². The second-order valence-electron chi connectivity index (χ2n) is 25.8. The first kappa shape index (κ1) is 77.9. The van der Waals surface area contributed by atoms with Crippen molar-refractivity contribution in [2.24, 2.45) is 0 Å². The van der Waals surface area contributed by atoms with Crippen molar-refractivity contribution in [2.45, 2.75) is 429 Å². The van der Waals surface area contributed by atoms with Crippen molar-refractivity contribution in [1.82, 2.24) is 5.32 Å².